The zero-order valence-electron chi connectivity index (χ0n) is 12.6. The fourth-order valence-electron chi connectivity index (χ4n) is 3.23. The van der Waals surface area contributed by atoms with Crippen molar-refractivity contribution < 1.29 is 8.42 Å². The van der Waals surface area contributed by atoms with Gasteiger partial charge in [0.1, 0.15) is 0 Å². The second-order valence-electron chi connectivity index (χ2n) is 6.23. The third-order valence-electron chi connectivity index (χ3n) is 4.57. The lowest BCUT2D eigenvalue weighted by molar-refractivity contribution is 0.0749. The van der Waals surface area contributed by atoms with Crippen LogP contribution in [0, 0.1) is 5.92 Å². The maximum atomic E-state index is 12.5. The van der Waals surface area contributed by atoms with Gasteiger partial charge >= 0.3 is 0 Å². The van der Waals surface area contributed by atoms with E-state index >= 15 is 0 Å². The molecule has 2 fully saturated rings. The van der Waals surface area contributed by atoms with E-state index in [9.17, 15) is 8.42 Å². The molecule has 3 unspecified atom stereocenters. The fraction of sp³-hybridized carbons (Fsp3) is 1.00. The van der Waals surface area contributed by atoms with E-state index in [0.29, 0.717) is 19.6 Å². The van der Waals surface area contributed by atoms with Gasteiger partial charge in [-0.3, -0.25) is 0 Å². The Morgan fingerprint density at radius 2 is 1.80 bits per heavy atom. The van der Waals surface area contributed by atoms with Gasteiger partial charge in [-0.25, -0.2) is 5.01 Å². The summed E-state index contributed by atoms with van der Waals surface area (Å²) >= 11 is 0. The average molecular weight is 304 g/mol. The number of nitrogens with zero attached hydrogens (tertiary/aromatic N) is 2. The minimum absolute atomic E-state index is 0.253. The Morgan fingerprint density at radius 3 is 2.40 bits per heavy atom. The first-order valence-corrected chi connectivity index (χ1v) is 9.14. The molecule has 7 heteroatoms. The monoisotopic (exact) mass is 304 g/mol. The molecule has 2 saturated heterocycles. The highest BCUT2D eigenvalue weighted by Gasteiger charge is 2.33. The van der Waals surface area contributed by atoms with Crippen LogP contribution in [-0.2, 0) is 10.2 Å². The molecule has 3 N–H and O–H groups in total. The van der Waals surface area contributed by atoms with Crippen LogP contribution in [0.1, 0.15) is 46.0 Å². The van der Waals surface area contributed by atoms with E-state index in [4.69, 9.17) is 5.73 Å². The molecule has 2 aliphatic rings. The van der Waals surface area contributed by atoms with E-state index in [0.717, 1.165) is 25.7 Å². The molecule has 0 aromatic heterocycles. The van der Waals surface area contributed by atoms with Crippen molar-refractivity contribution in [2.45, 2.75) is 58.0 Å². The van der Waals surface area contributed by atoms with Gasteiger partial charge in [-0.2, -0.15) is 12.7 Å². The Labute approximate surface area is 122 Å². The van der Waals surface area contributed by atoms with Crippen LogP contribution in [-0.4, -0.2) is 49.4 Å². The summed E-state index contributed by atoms with van der Waals surface area (Å²) in [6.45, 7) is 5.86. The molecule has 3 atom stereocenters. The van der Waals surface area contributed by atoms with Gasteiger partial charge < -0.3 is 5.73 Å². The van der Waals surface area contributed by atoms with Gasteiger partial charge in [-0.15, -0.1) is 4.83 Å². The second kappa shape index (κ2) is 6.70. The third-order valence-corrected chi connectivity index (χ3v) is 6.02. The quantitative estimate of drug-likeness (QED) is 0.800. The first-order chi connectivity index (χ1) is 9.44. The number of nitrogens with two attached hydrogens (primary N) is 1. The van der Waals surface area contributed by atoms with E-state index in [1.54, 1.807) is 4.31 Å². The van der Waals surface area contributed by atoms with Crippen LogP contribution < -0.4 is 10.6 Å². The van der Waals surface area contributed by atoms with Crippen LogP contribution >= 0.6 is 0 Å². The first kappa shape index (κ1) is 16.2. The molecule has 0 aromatic carbocycles. The van der Waals surface area contributed by atoms with E-state index in [2.05, 4.69) is 18.7 Å². The van der Waals surface area contributed by atoms with E-state index in [1.807, 2.05) is 5.01 Å². The second-order valence-corrected chi connectivity index (χ2v) is 7.88. The minimum Gasteiger partial charge on any atom is -0.330 e. The predicted molar refractivity (Wildman–Crippen MR) is 80.0 cm³/mol. The summed E-state index contributed by atoms with van der Waals surface area (Å²) < 4.78 is 26.6. The number of rotatable bonds is 4. The van der Waals surface area contributed by atoms with Crippen LogP contribution in [0.2, 0.25) is 0 Å². The average Bonchev–Trinajstić information content (AvgIpc) is 2.43. The Balaban J connectivity index is 2.02. The van der Waals surface area contributed by atoms with Crippen LogP contribution in [0.4, 0.5) is 0 Å². The van der Waals surface area contributed by atoms with Gasteiger partial charge in [0.25, 0.3) is 10.2 Å². The smallest absolute Gasteiger partial charge is 0.292 e. The van der Waals surface area contributed by atoms with E-state index in [-0.39, 0.29) is 18.0 Å². The molecular weight excluding hydrogens is 276 g/mol. The normalized spacial score (nSPS) is 34.2. The number of piperidine rings is 2. The van der Waals surface area contributed by atoms with Crippen LogP contribution in [0.15, 0.2) is 0 Å². The lowest BCUT2D eigenvalue weighted by Crippen LogP contribution is -2.58. The van der Waals surface area contributed by atoms with Crippen LogP contribution in [0.5, 0.6) is 0 Å². The summed E-state index contributed by atoms with van der Waals surface area (Å²) in [5, 5.41) is 1.91. The van der Waals surface area contributed by atoms with Crippen molar-refractivity contribution in [2.24, 2.45) is 11.7 Å². The van der Waals surface area contributed by atoms with E-state index < -0.39 is 10.2 Å². The molecule has 2 rings (SSSR count). The zero-order valence-corrected chi connectivity index (χ0v) is 13.4. The zero-order chi connectivity index (χ0) is 14.8. The van der Waals surface area contributed by atoms with Crippen molar-refractivity contribution in [1.82, 2.24) is 14.1 Å². The van der Waals surface area contributed by atoms with Gasteiger partial charge in [0.05, 0.1) is 0 Å². The summed E-state index contributed by atoms with van der Waals surface area (Å²) in [5.41, 5.74) is 5.68. The highest BCUT2D eigenvalue weighted by Crippen LogP contribution is 2.23. The molecule has 2 heterocycles. The third kappa shape index (κ3) is 3.71. The molecule has 0 spiro atoms. The van der Waals surface area contributed by atoms with Crippen molar-refractivity contribution >= 4 is 10.2 Å². The van der Waals surface area contributed by atoms with Crippen molar-refractivity contribution in [1.29, 1.82) is 0 Å². The summed E-state index contributed by atoms with van der Waals surface area (Å²) in [6.07, 6.45) is 5.17. The van der Waals surface area contributed by atoms with E-state index in [1.165, 1.54) is 6.42 Å². The maximum Gasteiger partial charge on any atom is 0.292 e. The summed E-state index contributed by atoms with van der Waals surface area (Å²) in [6, 6.07) is 0.507. The van der Waals surface area contributed by atoms with Crippen molar-refractivity contribution in [3.63, 3.8) is 0 Å². The Morgan fingerprint density at radius 1 is 1.15 bits per heavy atom. The molecule has 20 heavy (non-hydrogen) atoms. The SMILES string of the molecule is CC1CCCC(C)N1NS(=O)(=O)N1CCCC(CN)C1. The molecule has 0 amide bonds. The topological polar surface area (TPSA) is 78.7 Å². The molecule has 2 aliphatic heterocycles. The van der Waals surface area contributed by atoms with Gasteiger partial charge in [0, 0.05) is 25.2 Å². The van der Waals surface area contributed by atoms with Gasteiger partial charge in [0.2, 0.25) is 0 Å². The van der Waals surface area contributed by atoms with Gasteiger partial charge in [-0.05, 0) is 52.0 Å². The van der Waals surface area contributed by atoms with Crippen molar-refractivity contribution in [3.05, 3.63) is 0 Å². The number of nitrogens with one attached hydrogen (secondary N) is 1. The van der Waals surface area contributed by atoms with Gasteiger partial charge in [-0.1, -0.05) is 6.42 Å². The molecule has 0 bridgehead atoms. The molecule has 6 nitrogen and oxygen atoms in total. The minimum atomic E-state index is -3.44. The molecule has 0 aliphatic carbocycles. The lowest BCUT2D eigenvalue weighted by Gasteiger charge is -2.40. The van der Waals surface area contributed by atoms with Crippen molar-refractivity contribution in [3.8, 4) is 0 Å². The Hall–Kier alpha value is -0.210. The predicted octanol–water partition coefficient (Wildman–Crippen LogP) is 0.669. The van der Waals surface area contributed by atoms with Gasteiger partial charge in [0.15, 0.2) is 0 Å². The summed E-state index contributed by atoms with van der Waals surface area (Å²) in [7, 11) is -3.44. The highest BCUT2D eigenvalue weighted by molar-refractivity contribution is 7.87. The summed E-state index contributed by atoms with van der Waals surface area (Å²) in [5.74, 6) is 0.288. The number of hydrogen-bond donors (Lipinski definition) is 2. The maximum absolute atomic E-state index is 12.5. The molecular formula is C13H28N4O2S. The lowest BCUT2D eigenvalue weighted by atomic mass is 10.0. The Bertz CT molecular complexity index is 405. The number of hydrogen-bond acceptors (Lipinski definition) is 4. The summed E-state index contributed by atoms with van der Waals surface area (Å²) in [4.78, 5) is 2.80. The largest absolute Gasteiger partial charge is 0.330 e. The molecule has 0 radical (unpaired) electrons. The molecule has 0 saturated carbocycles. The number of hydrazine groups is 1. The fourth-order valence-corrected chi connectivity index (χ4v) is 4.75. The first-order valence-electron chi connectivity index (χ1n) is 7.70. The van der Waals surface area contributed by atoms with Crippen LogP contribution in [0.3, 0.4) is 0 Å². The molecule has 0 aromatic rings. The van der Waals surface area contributed by atoms with Crippen molar-refractivity contribution in [2.75, 3.05) is 19.6 Å². The molecule has 118 valence electrons. The Kier molecular flexibility index (Phi) is 5.42. The van der Waals surface area contributed by atoms with Crippen LogP contribution in [0.25, 0.3) is 0 Å². The highest BCUT2D eigenvalue weighted by atomic mass is 32.2. The standard InChI is InChI=1S/C13H28N4O2S/c1-11-5-3-6-12(2)17(11)15-20(18,19)16-8-4-7-13(9-14)10-16/h11-13,15H,3-10,14H2,1-2H3.